The van der Waals surface area contributed by atoms with Crippen molar-refractivity contribution in [2.45, 2.75) is 13.5 Å². The van der Waals surface area contributed by atoms with Gasteiger partial charge in [-0.15, -0.1) is 0 Å². The van der Waals surface area contributed by atoms with E-state index in [9.17, 15) is 9.18 Å². The lowest BCUT2D eigenvalue weighted by Gasteiger charge is -2.15. The topological polar surface area (TPSA) is 82.6 Å². The van der Waals surface area contributed by atoms with Gasteiger partial charge in [0.25, 0.3) is 0 Å². The zero-order chi connectivity index (χ0) is 25.2. The van der Waals surface area contributed by atoms with Crippen LogP contribution in [0.4, 0.5) is 27.5 Å². The van der Waals surface area contributed by atoms with Crippen molar-refractivity contribution in [1.82, 2.24) is 19.8 Å². The summed E-state index contributed by atoms with van der Waals surface area (Å²) in [6.45, 7) is 8.39. The third-order valence-electron chi connectivity index (χ3n) is 5.30. The first-order valence-corrected chi connectivity index (χ1v) is 11.3. The van der Waals surface area contributed by atoms with Gasteiger partial charge in [0.2, 0.25) is 11.9 Å². The van der Waals surface area contributed by atoms with Crippen molar-refractivity contribution in [2.24, 2.45) is 0 Å². The zero-order valence-electron chi connectivity index (χ0n) is 20.3. The third kappa shape index (κ3) is 7.79. The summed E-state index contributed by atoms with van der Waals surface area (Å²) in [6, 6.07) is 14.8. The molecule has 9 heteroatoms. The maximum absolute atomic E-state index is 14.4. The minimum atomic E-state index is -0.576. The molecule has 0 bridgehead atoms. The molecule has 0 spiro atoms. The maximum Gasteiger partial charge on any atom is 0.245 e. The van der Waals surface area contributed by atoms with E-state index in [1.54, 1.807) is 24.1 Å². The van der Waals surface area contributed by atoms with Gasteiger partial charge in [0.1, 0.15) is 12.4 Å². The summed E-state index contributed by atoms with van der Waals surface area (Å²) in [5.41, 5.74) is 2.32. The summed E-state index contributed by atoms with van der Waals surface area (Å²) in [7, 11) is 3.74. The van der Waals surface area contributed by atoms with Gasteiger partial charge in [-0.3, -0.25) is 4.79 Å². The van der Waals surface area contributed by atoms with E-state index in [0.29, 0.717) is 18.8 Å². The molecular weight excluding hydrogens is 447 g/mol. The SMILES string of the molecule is C=CC(=O)N(C)Cc1ccc(Nc2nc(Nc3cccc(OCCN(C)CC)c3)ncc2F)cc1. The lowest BCUT2D eigenvalue weighted by atomic mass is 10.2. The molecule has 2 aromatic carbocycles. The van der Waals surface area contributed by atoms with Gasteiger partial charge in [0.05, 0.1) is 6.20 Å². The number of rotatable bonds is 12. The molecule has 1 aromatic heterocycles. The number of amides is 1. The van der Waals surface area contributed by atoms with Crippen LogP contribution in [0, 0.1) is 5.82 Å². The van der Waals surface area contributed by atoms with Crippen LogP contribution in [0.5, 0.6) is 5.75 Å². The molecule has 0 aliphatic carbocycles. The van der Waals surface area contributed by atoms with Gasteiger partial charge >= 0.3 is 0 Å². The normalized spacial score (nSPS) is 10.7. The van der Waals surface area contributed by atoms with Crippen LogP contribution in [-0.2, 0) is 11.3 Å². The molecule has 0 aliphatic rings. The van der Waals surface area contributed by atoms with Crippen molar-refractivity contribution in [3.63, 3.8) is 0 Å². The smallest absolute Gasteiger partial charge is 0.245 e. The lowest BCUT2D eigenvalue weighted by molar-refractivity contribution is -0.125. The van der Waals surface area contributed by atoms with E-state index in [0.717, 1.165) is 36.3 Å². The van der Waals surface area contributed by atoms with Crippen LogP contribution < -0.4 is 15.4 Å². The summed E-state index contributed by atoms with van der Waals surface area (Å²) in [6.07, 6.45) is 2.39. The number of benzene rings is 2. The Balaban J connectivity index is 1.63. The van der Waals surface area contributed by atoms with Crippen LogP contribution in [0.25, 0.3) is 0 Å². The molecule has 3 rings (SSSR count). The Bertz CT molecular complexity index is 1140. The standard InChI is InChI=1S/C26H31FN6O2/c1-5-24(34)33(4)18-19-10-12-20(13-11-19)29-25-23(27)17-28-26(31-25)30-21-8-7-9-22(16-21)35-15-14-32(3)6-2/h5,7-13,16-17H,1,6,14-15,18H2,2-4H3,(H2,28,29,30,31). The van der Waals surface area contributed by atoms with E-state index < -0.39 is 5.82 Å². The monoisotopic (exact) mass is 478 g/mol. The molecule has 0 saturated carbocycles. The molecule has 35 heavy (non-hydrogen) atoms. The zero-order valence-corrected chi connectivity index (χ0v) is 20.3. The minimum absolute atomic E-state index is 0.0456. The summed E-state index contributed by atoms with van der Waals surface area (Å²) >= 11 is 0. The van der Waals surface area contributed by atoms with E-state index in [4.69, 9.17) is 4.74 Å². The number of likely N-dealkylation sites (N-methyl/N-ethyl adjacent to an activating group) is 2. The Morgan fingerprint density at radius 2 is 1.91 bits per heavy atom. The number of ether oxygens (including phenoxy) is 1. The van der Waals surface area contributed by atoms with Gasteiger partial charge in [-0.05, 0) is 49.5 Å². The highest BCUT2D eigenvalue weighted by atomic mass is 19.1. The van der Waals surface area contributed by atoms with Crippen molar-refractivity contribution >= 4 is 29.0 Å². The fourth-order valence-corrected chi connectivity index (χ4v) is 3.12. The number of anilines is 4. The minimum Gasteiger partial charge on any atom is -0.492 e. The van der Waals surface area contributed by atoms with Crippen LogP contribution in [0.3, 0.4) is 0 Å². The van der Waals surface area contributed by atoms with Crippen molar-refractivity contribution in [2.75, 3.05) is 44.4 Å². The molecule has 0 atom stereocenters. The van der Waals surface area contributed by atoms with E-state index in [1.165, 1.54) is 6.08 Å². The molecule has 1 heterocycles. The second-order valence-electron chi connectivity index (χ2n) is 8.01. The van der Waals surface area contributed by atoms with Crippen molar-refractivity contribution in [3.8, 4) is 5.75 Å². The molecule has 2 N–H and O–H groups in total. The molecule has 0 aliphatic heterocycles. The Kier molecular flexibility index (Phi) is 9.14. The van der Waals surface area contributed by atoms with Gasteiger partial charge in [0.15, 0.2) is 11.6 Å². The van der Waals surface area contributed by atoms with Gasteiger partial charge in [0, 0.05) is 37.6 Å². The summed E-state index contributed by atoms with van der Waals surface area (Å²) in [5.74, 6) is 0.284. The van der Waals surface area contributed by atoms with Crippen LogP contribution in [0.2, 0.25) is 0 Å². The van der Waals surface area contributed by atoms with Gasteiger partial charge in [-0.1, -0.05) is 31.7 Å². The van der Waals surface area contributed by atoms with Gasteiger partial charge in [-0.2, -0.15) is 4.98 Å². The molecule has 184 valence electrons. The highest BCUT2D eigenvalue weighted by molar-refractivity contribution is 5.86. The molecule has 0 radical (unpaired) electrons. The Hall–Kier alpha value is -3.98. The first-order chi connectivity index (χ1) is 16.9. The summed E-state index contributed by atoms with van der Waals surface area (Å²) in [4.78, 5) is 23.7. The fraction of sp³-hybridized carbons (Fsp3) is 0.269. The number of hydrogen-bond acceptors (Lipinski definition) is 7. The van der Waals surface area contributed by atoms with E-state index in [2.05, 4.69) is 39.0 Å². The number of nitrogens with one attached hydrogen (secondary N) is 2. The highest BCUT2D eigenvalue weighted by Gasteiger charge is 2.10. The Morgan fingerprint density at radius 3 is 2.63 bits per heavy atom. The number of hydrogen-bond donors (Lipinski definition) is 2. The second kappa shape index (κ2) is 12.5. The quantitative estimate of drug-likeness (QED) is 0.369. The summed E-state index contributed by atoms with van der Waals surface area (Å²) in [5, 5.41) is 6.07. The first-order valence-electron chi connectivity index (χ1n) is 11.3. The second-order valence-corrected chi connectivity index (χ2v) is 8.01. The summed E-state index contributed by atoms with van der Waals surface area (Å²) < 4.78 is 20.2. The molecular formula is C26H31FN6O2. The lowest BCUT2D eigenvalue weighted by Crippen LogP contribution is -2.23. The molecule has 3 aromatic rings. The number of nitrogens with zero attached hydrogens (tertiary/aromatic N) is 4. The van der Waals surface area contributed by atoms with E-state index in [1.807, 2.05) is 43.4 Å². The van der Waals surface area contributed by atoms with Gasteiger partial charge in [-0.25, -0.2) is 9.37 Å². The first kappa shape index (κ1) is 25.6. The van der Waals surface area contributed by atoms with Crippen molar-refractivity contribution < 1.29 is 13.9 Å². The average molecular weight is 479 g/mol. The highest BCUT2D eigenvalue weighted by Crippen LogP contribution is 2.23. The van der Waals surface area contributed by atoms with Crippen molar-refractivity contribution in [3.05, 3.63) is 78.8 Å². The van der Waals surface area contributed by atoms with E-state index >= 15 is 0 Å². The van der Waals surface area contributed by atoms with Crippen LogP contribution >= 0.6 is 0 Å². The molecule has 8 nitrogen and oxygen atoms in total. The predicted octanol–water partition coefficient (Wildman–Crippen LogP) is 4.58. The van der Waals surface area contributed by atoms with Crippen molar-refractivity contribution in [1.29, 1.82) is 0 Å². The van der Waals surface area contributed by atoms with Crippen LogP contribution in [-0.4, -0.2) is 59.5 Å². The third-order valence-corrected chi connectivity index (χ3v) is 5.30. The average Bonchev–Trinajstić information content (AvgIpc) is 2.86. The molecule has 0 unspecified atom stereocenters. The number of carbonyl (C=O) groups is 1. The number of halogens is 1. The number of carbonyl (C=O) groups excluding carboxylic acids is 1. The van der Waals surface area contributed by atoms with Crippen LogP contribution in [0.1, 0.15) is 12.5 Å². The fourth-order valence-electron chi connectivity index (χ4n) is 3.12. The largest absolute Gasteiger partial charge is 0.492 e. The number of aromatic nitrogens is 2. The molecule has 1 amide bonds. The van der Waals surface area contributed by atoms with E-state index in [-0.39, 0.29) is 17.7 Å². The maximum atomic E-state index is 14.4. The van der Waals surface area contributed by atoms with Gasteiger partial charge < -0.3 is 25.2 Å². The molecule has 0 fully saturated rings. The van der Waals surface area contributed by atoms with Crippen LogP contribution in [0.15, 0.2) is 67.4 Å². The Morgan fingerprint density at radius 1 is 1.14 bits per heavy atom. The predicted molar refractivity (Wildman–Crippen MR) is 137 cm³/mol. The molecule has 0 saturated heterocycles. The Labute approximate surface area is 205 Å².